The van der Waals surface area contributed by atoms with Crippen LogP contribution in [-0.2, 0) is 0 Å². The van der Waals surface area contributed by atoms with Crippen LogP contribution in [-0.4, -0.2) is 15.4 Å². The quantitative estimate of drug-likeness (QED) is 0.732. The molecule has 2 aromatic rings. The first-order valence-electron chi connectivity index (χ1n) is 8.24. The largest absolute Gasteiger partial charge is 0.543 e. The maximum atomic E-state index is 12.6. The molecule has 0 saturated heterocycles. The van der Waals surface area contributed by atoms with Crippen LogP contribution >= 0.6 is 0 Å². The van der Waals surface area contributed by atoms with Gasteiger partial charge in [0.1, 0.15) is 28.6 Å². The van der Waals surface area contributed by atoms with Crippen molar-refractivity contribution >= 4 is 19.1 Å². The van der Waals surface area contributed by atoms with Crippen LogP contribution in [0.4, 0.5) is 0 Å². The highest BCUT2D eigenvalue weighted by Crippen LogP contribution is 2.40. The first-order chi connectivity index (χ1) is 11.5. The second kappa shape index (κ2) is 6.56. The molecule has 0 aliphatic heterocycles. The van der Waals surface area contributed by atoms with Crippen LogP contribution in [0.5, 0.6) is 11.5 Å². The molecule has 134 valence electrons. The van der Waals surface area contributed by atoms with Crippen LogP contribution in [0.25, 0.3) is 10.8 Å². The molecular weight excluding hydrogens is 334 g/mol. The molecular formula is C19H25NO4Si. The molecule has 0 aliphatic carbocycles. The normalized spacial score (nSPS) is 13.4. The van der Waals surface area contributed by atoms with Gasteiger partial charge >= 0.3 is 5.63 Å². The number of nitrogens with zero attached hydrogens (tertiary/aromatic N) is 1. The number of hydrogen-bond donors (Lipinski definition) is 0. The molecule has 0 saturated carbocycles. The molecule has 0 radical (unpaired) electrons. The van der Waals surface area contributed by atoms with Gasteiger partial charge in [0, 0.05) is 6.07 Å². The average molecular weight is 359 g/mol. The lowest BCUT2D eigenvalue weighted by Crippen LogP contribution is -2.44. The van der Waals surface area contributed by atoms with Gasteiger partial charge in [0.15, 0.2) is 0 Å². The summed E-state index contributed by atoms with van der Waals surface area (Å²) in [6.07, 6.45) is 0. The lowest BCUT2D eigenvalue weighted by atomic mass is 10.1. The zero-order valence-electron chi connectivity index (χ0n) is 15.9. The third kappa shape index (κ3) is 3.72. The topological polar surface area (TPSA) is 72.5 Å². The maximum Gasteiger partial charge on any atom is 0.347 e. The van der Waals surface area contributed by atoms with E-state index in [1.54, 1.807) is 32.2 Å². The lowest BCUT2D eigenvalue weighted by molar-refractivity contribution is 0.411. The van der Waals surface area contributed by atoms with Crippen LogP contribution in [0, 0.1) is 11.3 Å². The van der Waals surface area contributed by atoms with Crippen LogP contribution in [0.2, 0.25) is 18.1 Å². The van der Waals surface area contributed by atoms with Gasteiger partial charge in [0.25, 0.3) is 8.32 Å². The van der Waals surface area contributed by atoms with Crippen LogP contribution in [0.1, 0.15) is 39.4 Å². The van der Waals surface area contributed by atoms with Gasteiger partial charge in [0.05, 0.1) is 13.2 Å². The highest BCUT2D eigenvalue weighted by molar-refractivity contribution is 6.74. The summed E-state index contributed by atoms with van der Waals surface area (Å²) in [4.78, 5) is 12.6. The number of methoxy groups -OCH3 is 1. The zero-order chi connectivity index (χ0) is 19.0. The number of benzene rings is 1. The average Bonchev–Trinajstić information content (AvgIpc) is 2.51. The Labute approximate surface area is 149 Å². The van der Waals surface area contributed by atoms with Crippen molar-refractivity contribution in [1.29, 1.82) is 5.26 Å². The molecule has 0 spiro atoms. The summed E-state index contributed by atoms with van der Waals surface area (Å²) in [5.41, 5.74) is -0.494. The fraction of sp³-hybridized carbons (Fsp3) is 0.474. The number of ether oxygens (including phenoxy) is 1. The molecule has 6 heteroatoms. The molecule has 1 aromatic carbocycles. The van der Waals surface area contributed by atoms with E-state index < -0.39 is 19.9 Å². The first-order valence-corrected chi connectivity index (χ1v) is 11.2. The molecule has 1 heterocycles. The predicted octanol–water partition coefficient (Wildman–Crippen LogP) is 4.81. The van der Waals surface area contributed by atoms with Crippen molar-refractivity contribution < 1.29 is 13.6 Å². The molecule has 1 unspecified atom stereocenters. The minimum absolute atomic E-state index is 0.0160. The van der Waals surface area contributed by atoms with Crippen molar-refractivity contribution in [3.63, 3.8) is 0 Å². The number of rotatable bonds is 4. The van der Waals surface area contributed by atoms with E-state index in [4.69, 9.17) is 18.8 Å². The Morgan fingerprint density at radius 2 is 1.88 bits per heavy atom. The van der Waals surface area contributed by atoms with Gasteiger partial charge in [-0.15, -0.1) is 0 Å². The number of hydrogen-bond acceptors (Lipinski definition) is 5. The van der Waals surface area contributed by atoms with Gasteiger partial charge in [-0.3, -0.25) is 0 Å². The van der Waals surface area contributed by atoms with Gasteiger partial charge in [-0.1, -0.05) is 20.8 Å². The predicted molar refractivity (Wildman–Crippen MR) is 101 cm³/mol. The fourth-order valence-electron chi connectivity index (χ4n) is 2.19. The Morgan fingerprint density at radius 3 is 2.40 bits per heavy atom. The van der Waals surface area contributed by atoms with Gasteiger partial charge in [-0.05, 0) is 42.6 Å². The summed E-state index contributed by atoms with van der Waals surface area (Å²) >= 11 is 0. The molecule has 0 N–H and O–H groups in total. The molecule has 1 aromatic heterocycles. The van der Waals surface area contributed by atoms with Gasteiger partial charge in [-0.2, -0.15) is 5.26 Å². The molecule has 25 heavy (non-hydrogen) atoms. The van der Waals surface area contributed by atoms with Crippen LogP contribution in [0.15, 0.2) is 27.4 Å². The van der Waals surface area contributed by atoms with Crippen molar-refractivity contribution in [3.8, 4) is 17.6 Å². The Kier molecular flexibility index (Phi) is 5.01. The van der Waals surface area contributed by atoms with E-state index in [1.807, 2.05) is 0 Å². The Hall–Kier alpha value is -2.26. The lowest BCUT2D eigenvalue weighted by Gasteiger charge is -2.36. The van der Waals surface area contributed by atoms with Crippen molar-refractivity contribution in [2.75, 3.05) is 7.11 Å². The standard InChI is InChI=1S/C19H25NO4Si/c1-12(11-20)15-9-13-8-14(22-5)10-16(17(13)18(21)23-15)24-25(6,7)19(2,3)4/h8-10,12H,1-7H3. The molecule has 0 fully saturated rings. The molecule has 5 nitrogen and oxygen atoms in total. The van der Waals surface area contributed by atoms with E-state index in [9.17, 15) is 4.79 Å². The van der Waals surface area contributed by atoms with Crippen LogP contribution in [0.3, 0.4) is 0 Å². The van der Waals surface area contributed by atoms with E-state index in [2.05, 4.69) is 39.9 Å². The summed E-state index contributed by atoms with van der Waals surface area (Å²) in [7, 11) is -0.581. The fourth-order valence-corrected chi connectivity index (χ4v) is 3.20. The number of nitriles is 1. The van der Waals surface area contributed by atoms with E-state index >= 15 is 0 Å². The Morgan fingerprint density at radius 1 is 1.24 bits per heavy atom. The highest BCUT2D eigenvalue weighted by Gasteiger charge is 2.39. The Balaban J connectivity index is 2.72. The molecule has 2 rings (SSSR count). The van der Waals surface area contributed by atoms with Crippen molar-refractivity contribution in [3.05, 3.63) is 34.4 Å². The van der Waals surface area contributed by atoms with Gasteiger partial charge < -0.3 is 13.6 Å². The van der Waals surface area contributed by atoms with E-state index in [1.165, 1.54) is 0 Å². The summed E-state index contributed by atoms with van der Waals surface area (Å²) in [5.74, 6) is 0.910. The third-order valence-corrected chi connectivity index (χ3v) is 9.19. The monoisotopic (exact) mass is 359 g/mol. The zero-order valence-corrected chi connectivity index (χ0v) is 16.9. The van der Waals surface area contributed by atoms with E-state index in [0.29, 0.717) is 28.0 Å². The summed E-state index contributed by atoms with van der Waals surface area (Å²) in [6.45, 7) is 12.3. The molecule has 0 amide bonds. The minimum atomic E-state index is -2.15. The molecule has 1 atom stereocenters. The molecule has 0 aliphatic rings. The Bertz CT molecular complexity index is 887. The smallest absolute Gasteiger partial charge is 0.347 e. The van der Waals surface area contributed by atoms with Crippen molar-refractivity contribution in [1.82, 2.24) is 0 Å². The van der Waals surface area contributed by atoms with Crippen molar-refractivity contribution in [2.24, 2.45) is 0 Å². The SMILES string of the molecule is COc1cc(O[Si](C)(C)C(C)(C)C)c2c(=O)oc(C(C)C#N)cc2c1. The second-order valence-corrected chi connectivity index (χ2v) is 12.5. The third-order valence-electron chi connectivity index (χ3n) is 4.85. The second-order valence-electron chi connectivity index (χ2n) is 7.74. The number of fused-ring (bicyclic) bond motifs is 1. The highest BCUT2D eigenvalue weighted by atomic mass is 28.4. The van der Waals surface area contributed by atoms with E-state index in [-0.39, 0.29) is 5.04 Å². The van der Waals surface area contributed by atoms with Crippen molar-refractivity contribution in [2.45, 2.75) is 51.7 Å². The van der Waals surface area contributed by atoms with Gasteiger partial charge in [-0.25, -0.2) is 4.79 Å². The summed E-state index contributed by atoms with van der Waals surface area (Å²) in [5, 5.41) is 10.1. The van der Waals surface area contributed by atoms with Crippen LogP contribution < -0.4 is 14.8 Å². The molecule has 0 bridgehead atoms. The summed E-state index contributed by atoms with van der Waals surface area (Å²) in [6, 6.07) is 7.29. The first kappa shape index (κ1) is 19.1. The summed E-state index contributed by atoms with van der Waals surface area (Å²) < 4.78 is 17.1. The maximum absolute atomic E-state index is 12.6. The van der Waals surface area contributed by atoms with Gasteiger partial charge in [0.2, 0.25) is 0 Å². The van der Waals surface area contributed by atoms with E-state index in [0.717, 1.165) is 0 Å². The minimum Gasteiger partial charge on any atom is -0.543 e.